The summed E-state index contributed by atoms with van der Waals surface area (Å²) in [7, 11) is 3.35. The van der Waals surface area contributed by atoms with Crippen LogP contribution in [0.25, 0.3) is 27.8 Å². The molecule has 164 valence electrons. The summed E-state index contributed by atoms with van der Waals surface area (Å²) in [5.41, 5.74) is 5.05. The maximum absolute atomic E-state index is 5.51. The first-order valence-corrected chi connectivity index (χ1v) is 10.7. The average molecular weight is 437 g/mol. The van der Waals surface area contributed by atoms with Crippen molar-refractivity contribution in [1.82, 2.24) is 14.5 Å². The van der Waals surface area contributed by atoms with Crippen molar-refractivity contribution in [3.63, 3.8) is 0 Å². The summed E-state index contributed by atoms with van der Waals surface area (Å²) in [6.45, 7) is 0.581. The monoisotopic (exact) mass is 436 g/mol. The first kappa shape index (κ1) is 20.6. The van der Waals surface area contributed by atoms with E-state index in [9.17, 15) is 0 Å². The fraction of sp³-hybridized carbons (Fsp3) is 0.111. The highest BCUT2D eigenvalue weighted by atomic mass is 16.5. The highest BCUT2D eigenvalue weighted by molar-refractivity contribution is 6.02. The van der Waals surface area contributed by atoms with Gasteiger partial charge in [0.2, 0.25) is 0 Å². The quantitative estimate of drug-likeness (QED) is 0.354. The van der Waals surface area contributed by atoms with Crippen LogP contribution < -0.4 is 14.8 Å². The highest BCUT2D eigenvalue weighted by Gasteiger charge is 2.17. The molecule has 0 aliphatic heterocycles. The molecule has 2 heterocycles. The topological polar surface area (TPSA) is 61.2 Å². The molecule has 3 aromatic carbocycles. The predicted molar refractivity (Wildman–Crippen MR) is 131 cm³/mol. The van der Waals surface area contributed by atoms with Gasteiger partial charge in [0.15, 0.2) is 5.65 Å². The van der Waals surface area contributed by atoms with Gasteiger partial charge in [0.1, 0.15) is 23.6 Å². The Morgan fingerprint density at radius 2 is 1.58 bits per heavy atom. The number of hydrogen-bond donors (Lipinski definition) is 1. The molecule has 0 amide bonds. The Morgan fingerprint density at radius 3 is 2.33 bits per heavy atom. The molecule has 0 radical (unpaired) electrons. The number of anilines is 1. The van der Waals surface area contributed by atoms with Crippen molar-refractivity contribution >= 4 is 16.9 Å². The largest absolute Gasteiger partial charge is 0.497 e. The molecule has 0 atom stereocenters. The van der Waals surface area contributed by atoms with Crippen molar-refractivity contribution in [2.75, 3.05) is 19.5 Å². The summed E-state index contributed by atoms with van der Waals surface area (Å²) in [4.78, 5) is 9.25. The van der Waals surface area contributed by atoms with Gasteiger partial charge in [-0.2, -0.15) is 0 Å². The van der Waals surface area contributed by atoms with E-state index < -0.39 is 0 Å². The number of rotatable bonds is 7. The summed E-state index contributed by atoms with van der Waals surface area (Å²) in [6.07, 6.45) is 3.71. The van der Waals surface area contributed by atoms with E-state index in [2.05, 4.69) is 38.2 Å². The highest BCUT2D eigenvalue weighted by Crippen LogP contribution is 2.36. The van der Waals surface area contributed by atoms with E-state index in [1.54, 1.807) is 20.5 Å². The summed E-state index contributed by atoms with van der Waals surface area (Å²) in [6, 6.07) is 26.2. The summed E-state index contributed by atoms with van der Waals surface area (Å²) >= 11 is 0. The zero-order valence-corrected chi connectivity index (χ0v) is 18.5. The van der Waals surface area contributed by atoms with Crippen molar-refractivity contribution in [3.05, 3.63) is 97.0 Å². The number of nitrogens with zero attached hydrogens (tertiary/aromatic N) is 3. The van der Waals surface area contributed by atoms with Crippen LogP contribution in [0.5, 0.6) is 11.5 Å². The molecule has 0 aliphatic rings. The van der Waals surface area contributed by atoms with Crippen LogP contribution in [-0.4, -0.2) is 28.8 Å². The third-order valence-electron chi connectivity index (χ3n) is 5.66. The van der Waals surface area contributed by atoms with Gasteiger partial charge in [-0.25, -0.2) is 9.97 Å². The Balaban J connectivity index is 1.63. The summed E-state index contributed by atoms with van der Waals surface area (Å²) in [5, 5.41) is 4.47. The molecule has 0 saturated carbocycles. The van der Waals surface area contributed by atoms with E-state index in [1.807, 2.05) is 66.7 Å². The summed E-state index contributed by atoms with van der Waals surface area (Å²) in [5.74, 6) is 2.43. The molecule has 6 heteroatoms. The number of aromatic nitrogens is 3. The second-order valence-electron chi connectivity index (χ2n) is 7.56. The number of benzene rings is 3. The first-order chi connectivity index (χ1) is 16.3. The molecule has 0 bridgehead atoms. The fourth-order valence-corrected chi connectivity index (χ4v) is 4.00. The Hall–Kier alpha value is -4.32. The second kappa shape index (κ2) is 9.04. The molecule has 5 aromatic rings. The van der Waals surface area contributed by atoms with E-state index in [0.29, 0.717) is 6.54 Å². The van der Waals surface area contributed by atoms with Crippen molar-refractivity contribution < 1.29 is 9.47 Å². The molecule has 2 aromatic heterocycles. The molecule has 6 nitrogen and oxygen atoms in total. The van der Waals surface area contributed by atoms with E-state index in [0.717, 1.165) is 50.7 Å². The summed E-state index contributed by atoms with van der Waals surface area (Å²) < 4.78 is 12.9. The normalized spacial score (nSPS) is 10.8. The zero-order chi connectivity index (χ0) is 22.6. The minimum atomic E-state index is 0.581. The molecule has 33 heavy (non-hydrogen) atoms. The van der Waals surface area contributed by atoms with Crippen molar-refractivity contribution in [1.29, 1.82) is 0 Å². The third kappa shape index (κ3) is 3.99. The lowest BCUT2D eigenvalue weighted by Gasteiger charge is -2.11. The molecule has 0 unspecified atom stereocenters. The number of fused-ring (bicyclic) bond motifs is 1. The van der Waals surface area contributed by atoms with Crippen LogP contribution in [-0.2, 0) is 6.54 Å². The van der Waals surface area contributed by atoms with Gasteiger partial charge in [-0.15, -0.1) is 0 Å². The van der Waals surface area contributed by atoms with Gasteiger partial charge in [0, 0.05) is 29.6 Å². The third-order valence-corrected chi connectivity index (χ3v) is 5.66. The molecule has 1 N–H and O–H groups in total. The fourth-order valence-electron chi connectivity index (χ4n) is 4.00. The SMILES string of the molecule is COc1ccc(-n2cc(-c3ccccc3)c3c(NCc4ccccc4OC)ncnc32)cc1. The molecular formula is C27H24N4O2. The van der Waals surface area contributed by atoms with Crippen LogP contribution in [0.15, 0.2) is 91.4 Å². The van der Waals surface area contributed by atoms with Crippen LogP contribution >= 0.6 is 0 Å². The van der Waals surface area contributed by atoms with Crippen LogP contribution in [0.1, 0.15) is 5.56 Å². The minimum absolute atomic E-state index is 0.581. The lowest BCUT2D eigenvalue weighted by atomic mass is 10.1. The Kier molecular flexibility index (Phi) is 5.64. The Morgan fingerprint density at radius 1 is 0.818 bits per heavy atom. The van der Waals surface area contributed by atoms with E-state index >= 15 is 0 Å². The predicted octanol–water partition coefficient (Wildman–Crippen LogP) is 5.72. The maximum Gasteiger partial charge on any atom is 0.150 e. The number of nitrogens with one attached hydrogen (secondary N) is 1. The second-order valence-corrected chi connectivity index (χ2v) is 7.56. The van der Waals surface area contributed by atoms with Gasteiger partial charge < -0.3 is 19.4 Å². The van der Waals surface area contributed by atoms with Crippen LogP contribution in [0.2, 0.25) is 0 Å². The van der Waals surface area contributed by atoms with Crippen molar-refractivity contribution in [3.8, 4) is 28.3 Å². The van der Waals surface area contributed by atoms with E-state index in [1.165, 1.54) is 0 Å². The maximum atomic E-state index is 5.51. The number of ether oxygens (including phenoxy) is 2. The van der Waals surface area contributed by atoms with Crippen LogP contribution in [0, 0.1) is 0 Å². The minimum Gasteiger partial charge on any atom is -0.497 e. The number of hydrogen-bond acceptors (Lipinski definition) is 5. The molecule has 0 fully saturated rings. The standard InChI is InChI=1S/C27H24N4O2/c1-32-22-14-12-21(13-15-22)31-17-23(19-8-4-3-5-9-19)25-26(29-18-30-27(25)31)28-16-20-10-6-7-11-24(20)33-2/h3-15,17-18H,16H2,1-2H3,(H,28,29,30). The van der Waals surface area contributed by atoms with Gasteiger partial charge in [0.25, 0.3) is 0 Å². The average Bonchev–Trinajstić information content (AvgIpc) is 3.28. The van der Waals surface area contributed by atoms with Gasteiger partial charge in [-0.3, -0.25) is 0 Å². The van der Waals surface area contributed by atoms with Crippen LogP contribution in [0.3, 0.4) is 0 Å². The zero-order valence-electron chi connectivity index (χ0n) is 18.5. The molecule has 0 spiro atoms. The molecule has 0 saturated heterocycles. The van der Waals surface area contributed by atoms with Crippen molar-refractivity contribution in [2.24, 2.45) is 0 Å². The Labute approximate surface area is 192 Å². The number of methoxy groups -OCH3 is 2. The van der Waals surface area contributed by atoms with Gasteiger partial charge in [-0.1, -0.05) is 48.5 Å². The molecule has 0 aliphatic carbocycles. The number of para-hydroxylation sites is 1. The van der Waals surface area contributed by atoms with E-state index in [4.69, 9.17) is 9.47 Å². The van der Waals surface area contributed by atoms with Gasteiger partial charge in [-0.05, 0) is 35.9 Å². The lowest BCUT2D eigenvalue weighted by Crippen LogP contribution is -2.04. The van der Waals surface area contributed by atoms with Gasteiger partial charge in [0.05, 0.1) is 19.6 Å². The Bertz CT molecular complexity index is 1380. The van der Waals surface area contributed by atoms with E-state index in [-0.39, 0.29) is 0 Å². The molecular weight excluding hydrogens is 412 g/mol. The lowest BCUT2D eigenvalue weighted by molar-refractivity contribution is 0.410. The molecule has 5 rings (SSSR count). The van der Waals surface area contributed by atoms with Crippen LogP contribution in [0.4, 0.5) is 5.82 Å². The van der Waals surface area contributed by atoms with Gasteiger partial charge >= 0.3 is 0 Å². The first-order valence-electron chi connectivity index (χ1n) is 10.7. The van der Waals surface area contributed by atoms with Crippen molar-refractivity contribution in [2.45, 2.75) is 6.54 Å². The smallest absolute Gasteiger partial charge is 0.150 e.